The lowest BCUT2D eigenvalue weighted by Gasteiger charge is -2.29. The minimum absolute atomic E-state index is 0.444. The Bertz CT molecular complexity index is 1290. The molecule has 40 heavy (non-hydrogen) atoms. The Morgan fingerprint density at radius 3 is 1.85 bits per heavy atom. The van der Waals surface area contributed by atoms with Crippen molar-refractivity contribution in [2.24, 2.45) is 0 Å². The van der Waals surface area contributed by atoms with Gasteiger partial charge in [-0.25, -0.2) is 0 Å². The van der Waals surface area contributed by atoms with Crippen LogP contribution in [0.3, 0.4) is 0 Å². The molecule has 2 aromatic heterocycles. The van der Waals surface area contributed by atoms with Gasteiger partial charge >= 0.3 is 0 Å². The molecule has 0 saturated carbocycles. The fourth-order valence-electron chi connectivity index (χ4n) is 5.11. The maximum atomic E-state index is 12.3. The van der Waals surface area contributed by atoms with Gasteiger partial charge in [0.05, 0.1) is 40.5 Å². The van der Waals surface area contributed by atoms with E-state index in [9.17, 15) is 5.11 Å². The molecule has 4 aromatic rings. The van der Waals surface area contributed by atoms with Crippen molar-refractivity contribution in [2.45, 2.75) is 25.6 Å². The molecule has 2 aromatic carbocycles. The van der Waals surface area contributed by atoms with Gasteiger partial charge in [0.25, 0.3) is 0 Å². The van der Waals surface area contributed by atoms with E-state index in [2.05, 4.69) is 9.80 Å². The normalized spacial score (nSPS) is 14.5. The van der Waals surface area contributed by atoms with Crippen molar-refractivity contribution >= 4 is 0 Å². The number of aliphatic hydroxyl groups is 1. The second kappa shape index (κ2) is 12.7. The van der Waals surface area contributed by atoms with Crippen LogP contribution in [0.5, 0.6) is 11.5 Å². The molecule has 8 nitrogen and oxygen atoms in total. The molecular formula is C32H38N2O6. The largest absolute Gasteiger partial charge is 0.497 e. The van der Waals surface area contributed by atoms with Gasteiger partial charge < -0.3 is 28.2 Å². The Balaban J connectivity index is 1.41. The zero-order valence-electron chi connectivity index (χ0n) is 23.5. The van der Waals surface area contributed by atoms with Crippen LogP contribution in [-0.4, -0.2) is 68.5 Å². The van der Waals surface area contributed by atoms with Gasteiger partial charge in [0.1, 0.15) is 34.5 Å². The monoisotopic (exact) mass is 546 g/mol. The van der Waals surface area contributed by atoms with Gasteiger partial charge in [-0.1, -0.05) is 24.3 Å². The summed E-state index contributed by atoms with van der Waals surface area (Å²) < 4.78 is 28.5. The molecule has 0 aliphatic carbocycles. The van der Waals surface area contributed by atoms with E-state index in [1.807, 2.05) is 79.7 Å². The van der Waals surface area contributed by atoms with E-state index in [1.54, 1.807) is 14.2 Å². The number of ether oxygens (including phenoxy) is 3. The van der Waals surface area contributed by atoms with Crippen LogP contribution in [0, 0.1) is 6.92 Å². The van der Waals surface area contributed by atoms with Crippen molar-refractivity contribution in [2.75, 3.05) is 53.6 Å². The summed E-state index contributed by atoms with van der Waals surface area (Å²) >= 11 is 0. The highest BCUT2D eigenvalue weighted by molar-refractivity contribution is 5.46. The third-order valence-electron chi connectivity index (χ3n) is 7.42. The molecule has 1 aliphatic heterocycles. The maximum Gasteiger partial charge on any atom is 0.173 e. The molecule has 0 radical (unpaired) electrons. The van der Waals surface area contributed by atoms with Gasteiger partial charge in [-0.3, -0.25) is 9.80 Å². The fourth-order valence-corrected chi connectivity index (χ4v) is 5.11. The Kier molecular flexibility index (Phi) is 8.91. The van der Waals surface area contributed by atoms with Crippen LogP contribution in [0.25, 0.3) is 0 Å². The SMILES string of the molecule is COc1ccc(C(O)(c2ccc(OC)cc2)c2ccc(CN(CCN3CCOCC3)Cc3ccc(C)o3)o2)cc1. The molecule has 0 amide bonds. The molecule has 3 heterocycles. The second-order valence-corrected chi connectivity index (χ2v) is 10.1. The number of aryl methyl sites for hydroxylation is 1. The summed E-state index contributed by atoms with van der Waals surface area (Å²) in [5, 5.41) is 12.3. The molecule has 0 spiro atoms. The topological polar surface area (TPSA) is 80.7 Å². The molecular weight excluding hydrogens is 508 g/mol. The van der Waals surface area contributed by atoms with Crippen molar-refractivity contribution in [1.29, 1.82) is 0 Å². The van der Waals surface area contributed by atoms with E-state index in [0.29, 0.717) is 41.5 Å². The van der Waals surface area contributed by atoms with Crippen molar-refractivity contribution in [3.8, 4) is 11.5 Å². The number of hydrogen-bond acceptors (Lipinski definition) is 8. The first-order chi connectivity index (χ1) is 19.5. The minimum atomic E-state index is -1.51. The quantitative estimate of drug-likeness (QED) is 0.271. The lowest BCUT2D eigenvalue weighted by atomic mass is 9.84. The molecule has 212 valence electrons. The van der Waals surface area contributed by atoms with Crippen LogP contribution in [0.4, 0.5) is 0 Å². The summed E-state index contributed by atoms with van der Waals surface area (Å²) in [4.78, 5) is 4.74. The first-order valence-corrected chi connectivity index (χ1v) is 13.7. The van der Waals surface area contributed by atoms with Crippen LogP contribution in [0.2, 0.25) is 0 Å². The first-order valence-electron chi connectivity index (χ1n) is 13.7. The maximum absolute atomic E-state index is 12.3. The lowest BCUT2D eigenvalue weighted by molar-refractivity contribution is 0.0315. The summed E-state index contributed by atoms with van der Waals surface area (Å²) in [5.41, 5.74) is -0.155. The van der Waals surface area contributed by atoms with Gasteiger partial charge in [0.2, 0.25) is 0 Å². The first kappa shape index (κ1) is 28.0. The van der Waals surface area contributed by atoms with Crippen LogP contribution in [0.1, 0.15) is 34.2 Å². The van der Waals surface area contributed by atoms with Crippen LogP contribution in [-0.2, 0) is 23.4 Å². The smallest absolute Gasteiger partial charge is 0.173 e. The number of furan rings is 2. The summed E-state index contributed by atoms with van der Waals surface area (Å²) in [6.07, 6.45) is 0. The molecule has 1 aliphatic rings. The van der Waals surface area contributed by atoms with E-state index in [4.69, 9.17) is 23.0 Å². The third-order valence-corrected chi connectivity index (χ3v) is 7.42. The summed E-state index contributed by atoms with van der Waals surface area (Å²) in [6, 6.07) is 22.6. The van der Waals surface area contributed by atoms with E-state index in [0.717, 1.165) is 56.7 Å². The van der Waals surface area contributed by atoms with E-state index in [-0.39, 0.29) is 0 Å². The van der Waals surface area contributed by atoms with Crippen LogP contribution in [0.15, 0.2) is 81.6 Å². The van der Waals surface area contributed by atoms with Crippen molar-refractivity contribution in [3.05, 3.63) is 107 Å². The zero-order chi connectivity index (χ0) is 28.0. The third kappa shape index (κ3) is 6.42. The Morgan fingerprint density at radius 2 is 1.32 bits per heavy atom. The van der Waals surface area contributed by atoms with E-state index in [1.165, 1.54) is 0 Å². The summed E-state index contributed by atoms with van der Waals surface area (Å²) in [7, 11) is 3.25. The second-order valence-electron chi connectivity index (χ2n) is 10.1. The Morgan fingerprint density at radius 1 is 0.775 bits per heavy atom. The van der Waals surface area contributed by atoms with Crippen molar-refractivity contribution in [1.82, 2.24) is 9.80 Å². The van der Waals surface area contributed by atoms with E-state index < -0.39 is 5.60 Å². The predicted molar refractivity (Wildman–Crippen MR) is 152 cm³/mol. The molecule has 1 saturated heterocycles. The number of nitrogens with zero attached hydrogens (tertiary/aromatic N) is 2. The molecule has 1 N–H and O–H groups in total. The van der Waals surface area contributed by atoms with Crippen LogP contribution < -0.4 is 9.47 Å². The Labute approximate surface area is 235 Å². The number of rotatable bonds is 12. The highest BCUT2D eigenvalue weighted by Gasteiger charge is 2.37. The van der Waals surface area contributed by atoms with Gasteiger partial charge in [-0.15, -0.1) is 0 Å². The van der Waals surface area contributed by atoms with Gasteiger partial charge in [0.15, 0.2) is 5.60 Å². The average molecular weight is 547 g/mol. The number of benzene rings is 2. The highest BCUT2D eigenvalue weighted by Crippen LogP contribution is 2.39. The fraction of sp³-hybridized carbons (Fsp3) is 0.375. The minimum Gasteiger partial charge on any atom is -0.497 e. The molecule has 8 heteroatoms. The molecule has 1 fully saturated rings. The summed E-state index contributed by atoms with van der Waals surface area (Å²) in [6.45, 7) is 8.39. The number of hydrogen-bond donors (Lipinski definition) is 1. The lowest BCUT2D eigenvalue weighted by Crippen LogP contribution is -2.41. The number of morpholine rings is 1. The van der Waals surface area contributed by atoms with Crippen molar-refractivity contribution < 1.29 is 28.2 Å². The highest BCUT2D eigenvalue weighted by atomic mass is 16.5. The molecule has 0 unspecified atom stereocenters. The number of methoxy groups -OCH3 is 2. The van der Waals surface area contributed by atoms with Gasteiger partial charge in [-0.05, 0) is 66.6 Å². The molecule has 0 atom stereocenters. The van der Waals surface area contributed by atoms with Crippen molar-refractivity contribution in [3.63, 3.8) is 0 Å². The van der Waals surface area contributed by atoms with Crippen LogP contribution >= 0.6 is 0 Å². The molecule has 0 bridgehead atoms. The van der Waals surface area contributed by atoms with E-state index >= 15 is 0 Å². The predicted octanol–water partition coefficient (Wildman–Crippen LogP) is 4.82. The zero-order valence-corrected chi connectivity index (χ0v) is 23.5. The van der Waals surface area contributed by atoms with Gasteiger partial charge in [-0.2, -0.15) is 0 Å². The standard InChI is InChI=1S/C32H38N2O6/c1-24-4-9-29(39-24)22-34(17-16-33-18-20-38-21-19-33)23-30-14-15-31(40-30)32(35,25-5-10-27(36-2)11-6-25)26-7-12-28(37-3)13-8-26/h4-15,35H,16-23H2,1-3H3. The molecule has 5 rings (SSSR count). The summed E-state index contributed by atoms with van der Waals surface area (Å²) in [5.74, 6) is 4.45. The average Bonchev–Trinajstić information content (AvgIpc) is 3.65. The Hall–Kier alpha value is -3.56. The van der Waals surface area contributed by atoms with Gasteiger partial charge in [0, 0.05) is 26.2 Å².